The molecular weight excluding hydrogens is 344 g/mol. The zero-order valence-electron chi connectivity index (χ0n) is 15.4. The Morgan fingerprint density at radius 3 is 2.14 bits per heavy atom. The molecule has 0 fully saturated rings. The molecule has 0 aliphatic heterocycles. The Hall–Kier alpha value is -3.65. The molecule has 6 aromatic rings. The minimum atomic E-state index is 0.795. The predicted octanol–water partition coefficient (Wildman–Crippen LogP) is 7.29. The summed E-state index contributed by atoms with van der Waals surface area (Å²) in [4.78, 5) is 0. The van der Waals surface area contributed by atoms with Gasteiger partial charge in [0.1, 0.15) is 5.75 Å². The van der Waals surface area contributed by atoms with Crippen LogP contribution in [0.1, 0.15) is 0 Å². The van der Waals surface area contributed by atoms with Gasteiger partial charge < -0.3 is 4.74 Å². The molecule has 0 N–H and O–H groups in total. The van der Waals surface area contributed by atoms with E-state index in [1.54, 1.807) is 7.11 Å². The quantitative estimate of drug-likeness (QED) is 0.238. The van der Waals surface area contributed by atoms with E-state index in [-0.39, 0.29) is 0 Å². The highest BCUT2D eigenvalue weighted by atomic mass is 16.5. The molecule has 132 valence electrons. The van der Waals surface area contributed by atoms with Gasteiger partial charge in [-0.25, -0.2) is 4.42 Å². The fraction of sp³-hybridized carbons (Fsp3) is 0.0385. The second-order valence-corrected chi connectivity index (χ2v) is 7.17. The summed E-state index contributed by atoms with van der Waals surface area (Å²) in [6, 6.07) is 29.7. The van der Waals surface area contributed by atoms with Crippen LogP contribution in [-0.4, -0.2) is 7.11 Å². The minimum absolute atomic E-state index is 0.795. The fourth-order valence-corrected chi connectivity index (χ4v) is 4.28. The van der Waals surface area contributed by atoms with Crippen molar-refractivity contribution in [2.45, 2.75) is 0 Å². The van der Waals surface area contributed by atoms with Crippen molar-refractivity contribution in [3.8, 4) is 17.1 Å². The number of fused-ring (bicyclic) bond motifs is 1. The van der Waals surface area contributed by atoms with Gasteiger partial charge in [0.25, 0.3) is 0 Å². The number of hydrogen-bond acceptors (Lipinski definition) is 1. The lowest BCUT2D eigenvalue weighted by Crippen LogP contribution is -1.87. The van der Waals surface area contributed by atoms with E-state index in [0.29, 0.717) is 0 Å². The molecule has 0 radical (unpaired) electrons. The maximum absolute atomic E-state index is 6.30. The highest BCUT2D eigenvalue weighted by Crippen LogP contribution is 2.39. The Kier molecular flexibility index (Phi) is 3.12. The Morgan fingerprint density at radius 2 is 1.32 bits per heavy atom. The lowest BCUT2D eigenvalue weighted by molar-refractivity contribution is 0.414. The molecule has 1 aromatic heterocycles. The van der Waals surface area contributed by atoms with E-state index in [9.17, 15) is 0 Å². The Balaban J connectivity index is 1.69. The zero-order chi connectivity index (χ0) is 18.7. The molecule has 6 rings (SSSR count). The van der Waals surface area contributed by atoms with Gasteiger partial charge in [-0.1, -0.05) is 48.5 Å². The average molecular weight is 361 g/mol. The van der Waals surface area contributed by atoms with E-state index >= 15 is 0 Å². The zero-order valence-corrected chi connectivity index (χ0v) is 15.4. The van der Waals surface area contributed by atoms with Crippen molar-refractivity contribution in [1.82, 2.24) is 0 Å². The van der Waals surface area contributed by atoms with Crippen molar-refractivity contribution in [2.75, 3.05) is 7.11 Å². The van der Waals surface area contributed by atoms with E-state index < -0.39 is 0 Å². The normalized spacial score (nSPS) is 11.8. The van der Waals surface area contributed by atoms with Gasteiger partial charge in [-0.05, 0) is 56.6 Å². The molecule has 0 amide bonds. The molecule has 1 heterocycles. The smallest absolute Gasteiger partial charge is 0.364 e. The van der Waals surface area contributed by atoms with Gasteiger partial charge in [0.2, 0.25) is 0 Å². The van der Waals surface area contributed by atoms with Crippen molar-refractivity contribution in [1.29, 1.82) is 0 Å². The number of rotatable bonds is 2. The van der Waals surface area contributed by atoms with Crippen LogP contribution < -0.4 is 4.74 Å². The van der Waals surface area contributed by atoms with Gasteiger partial charge >= 0.3 is 11.3 Å². The van der Waals surface area contributed by atoms with E-state index in [1.165, 1.54) is 32.3 Å². The van der Waals surface area contributed by atoms with Crippen molar-refractivity contribution in [3.05, 3.63) is 84.9 Å². The second kappa shape index (κ2) is 5.67. The molecule has 2 heteroatoms. The van der Waals surface area contributed by atoms with Crippen LogP contribution in [0.5, 0.6) is 5.75 Å². The molecule has 0 saturated heterocycles. The summed E-state index contributed by atoms with van der Waals surface area (Å²) in [7, 11) is 1.67. The van der Waals surface area contributed by atoms with Crippen molar-refractivity contribution >= 4 is 43.3 Å². The number of ether oxygens (including phenoxy) is 1. The topological polar surface area (TPSA) is 20.5 Å². The Bertz CT molecular complexity index is 1480. The minimum Gasteiger partial charge on any atom is -0.496 e. The fourth-order valence-electron chi connectivity index (χ4n) is 4.28. The molecule has 0 spiro atoms. The van der Waals surface area contributed by atoms with E-state index in [4.69, 9.17) is 9.15 Å². The number of benzene rings is 5. The summed E-state index contributed by atoms with van der Waals surface area (Å²) in [5, 5.41) is 8.69. The van der Waals surface area contributed by atoms with E-state index in [2.05, 4.69) is 66.7 Å². The molecule has 0 aliphatic carbocycles. The first kappa shape index (κ1) is 15.4. The van der Waals surface area contributed by atoms with Gasteiger partial charge in [0.05, 0.1) is 24.1 Å². The van der Waals surface area contributed by atoms with Crippen molar-refractivity contribution in [3.63, 3.8) is 0 Å². The van der Waals surface area contributed by atoms with Crippen LogP contribution in [0.3, 0.4) is 0 Å². The van der Waals surface area contributed by atoms with Crippen LogP contribution >= 0.6 is 0 Å². The van der Waals surface area contributed by atoms with Crippen LogP contribution in [0.15, 0.2) is 89.3 Å². The molecule has 0 unspecified atom stereocenters. The molecule has 0 bridgehead atoms. The van der Waals surface area contributed by atoms with Crippen LogP contribution in [0.4, 0.5) is 0 Å². The third-order valence-electron chi connectivity index (χ3n) is 5.65. The first-order valence-electron chi connectivity index (χ1n) is 9.40. The standard InChI is InChI=1S/C26H17O2/c1-27-20-11-7-16-10-14-23(28-24(16)15-20)21-12-8-19-6-5-17-3-2-4-18-9-13-22(21)26(19)25(17)18/h2-15H,1H3/q+1. The molecular formula is C26H17O2+. The van der Waals surface area contributed by atoms with Crippen LogP contribution in [0.2, 0.25) is 0 Å². The maximum atomic E-state index is 6.30. The molecule has 28 heavy (non-hydrogen) atoms. The third kappa shape index (κ3) is 2.12. The monoisotopic (exact) mass is 361 g/mol. The summed E-state index contributed by atoms with van der Waals surface area (Å²) in [6.45, 7) is 0. The third-order valence-corrected chi connectivity index (χ3v) is 5.65. The van der Waals surface area contributed by atoms with Gasteiger partial charge in [0, 0.05) is 6.07 Å². The van der Waals surface area contributed by atoms with Gasteiger partial charge in [-0.15, -0.1) is 0 Å². The lowest BCUT2D eigenvalue weighted by Gasteiger charge is -2.11. The molecule has 5 aromatic carbocycles. The highest BCUT2D eigenvalue weighted by Gasteiger charge is 2.20. The first-order valence-corrected chi connectivity index (χ1v) is 9.40. The van der Waals surface area contributed by atoms with E-state index in [0.717, 1.165) is 28.0 Å². The summed E-state index contributed by atoms with van der Waals surface area (Å²) in [5.74, 6) is 1.66. The van der Waals surface area contributed by atoms with Crippen molar-refractivity contribution < 1.29 is 9.15 Å². The van der Waals surface area contributed by atoms with Crippen LogP contribution in [-0.2, 0) is 0 Å². The van der Waals surface area contributed by atoms with Crippen LogP contribution in [0.25, 0.3) is 54.6 Å². The number of methoxy groups -OCH3 is 1. The second-order valence-electron chi connectivity index (χ2n) is 7.17. The molecule has 0 aliphatic rings. The predicted molar refractivity (Wildman–Crippen MR) is 116 cm³/mol. The van der Waals surface area contributed by atoms with Crippen LogP contribution in [0, 0.1) is 0 Å². The SMILES string of the molecule is COc1ccc2ccc(-c3ccc4ccc5cccc6ccc3c4c56)[o+]c2c1. The Morgan fingerprint density at radius 1 is 0.643 bits per heavy atom. The maximum Gasteiger partial charge on any atom is 0.364 e. The highest BCUT2D eigenvalue weighted by molar-refractivity contribution is 6.25. The molecule has 2 nitrogen and oxygen atoms in total. The summed E-state index contributed by atoms with van der Waals surface area (Å²) < 4.78 is 11.7. The summed E-state index contributed by atoms with van der Waals surface area (Å²) >= 11 is 0. The number of hydrogen-bond donors (Lipinski definition) is 0. The summed E-state index contributed by atoms with van der Waals surface area (Å²) in [5.41, 5.74) is 1.93. The largest absolute Gasteiger partial charge is 0.496 e. The lowest BCUT2D eigenvalue weighted by atomic mass is 9.91. The molecule has 0 atom stereocenters. The Labute approximate surface area is 161 Å². The first-order chi connectivity index (χ1) is 13.8. The molecule has 0 saturated carbocycles. The summed E-state index contributed by atoms with van der Waals surface area (Å²) in [6.07, 6.45) is 0. The van der Waals surface area contributed by atoms with Gasteiger partial charge in [-0.2, -0.15) is 0 Å². The van der Waals surface area contributed by atoms with Crippen molar-refractivity contribution in [2.24, 2.45) is 0 Å². The van der Waals surface area contributed by atoms with E-state index in [1.807, 2.05) is 18.2 Å². The average Bonchev–Trinajstić information content (AvgIpc) is 2.76. The van der Waals surface area contributed by atoms with Gasteiger partial charge in [0.15, 0.2) is 0 Å². The van der Waals surface area contributed by atoms with Gasteiger partial charge in [-0.3, -0.25) is 0 Å².